The number of ether oxygens (including phenoxy) is 1. The predicted molar refractivity (Wildman–Crippen MR) is 67.1 cm³/mol. The molecule has 0 radical (unpaired) electrons. The molecule has 0 heterocycles. The van der Waals surface area contributed by atoms with Crippen molar-refractivity contribution >= 4 is 18.6 Å². The Bertz CT molecular complexity index is 408. The number of unbranched alkanes of at least 4 members (excludes halogenated alkanes) is 1. The number of hydrogen-bond donors (Lipinski definition) is 0. The van der Waals surface area contributed by atoms with Crippen molar-refractivity contribution in [1.82, 2.24) is 0 Å². The van der Waals surface area contributed by atoms with Crippen LogP contribution in [0.15, 0.2) is 24.3 Å². The van der Waals surface area contributed by atoms with Gasteiger partial charge in [-0.15, -0.1) is 0 Å². The van der Waals surface area contributed by atoms with E-state index >= 15 is 0 Å². The van der Waals surface area contributed by atoms with Crippen molar-refractivity contribution in [3.8, 4) is 5.75 Å². The fourth-order valence-electron chi connectivity index (χ4n) is 1.48. The third kappa shape index (κ3) is 4.23. The lowest BCUT2D eigenvalue weighted by Gasteiger charge is -2.10. The fourth-order valence-corrected chi connectivity index (χ4v) is 1.48. The van der Waals surface area contributed by atoms with E-state index in [9.17, 15) is 9.59 Å². The van der Waals surface area contributed by atoms with E-state index in [1.165, 1.54) is 6.08 Å². The average molecular weight is 232 g/mol. The summed E-state index contributed by atoms with van der Waals surface area (Å²) in [5.74, 6) is 0.744. The molecule has 0 aliphatic rings. The maximum atomic E-state index is 10.3. The zero-order chi connectivity index (χ0) is 12.5. The predicted octanol–water partition coefficient (Wildman–Crippen LogP) is 2.57. The Morgan fingerprint density at radius 2 is 2.12 bits per heavy atom. The maximum absolute atomic E-state index is 10.3. The van der Waals surface area contributed by atoms with E-state index in [2.05, 4.69) is 0 Å². The first-order valence-electron chi connectivity index (χ1n) is 5.57. The number of carbonyl (C=O) groups is 2. The first kappa shape index (κ1) is 13.2. The molecular weight excluding hydrogens is 216 g/mol. The molecule has 1 rings (SSSR count). The standard InChI is InChI=1S/C14H16O3/c1-12-6-4-8-14(13(12)7-5-10-16)17-11-3-2-9-15/h4-10H,2-3,11H2,1H3/b7-5+. The van der Waals surface area contributed by atoms with Gasteiger partial charge < -0.3 is 9.53 Å². The second-order valence-electron chi connectivity index (χ2n) is 3.64. The molecule has 0 N–H and O–H groups in total. The number of aldehydes is 2. The van der Waals surface area contributed by atoms with Crippen LogP contribution in [0.2, 0.25) is 0 Å². The van der Waals surface area contributed by atoms with E-state index < -0.39 is 0 Å². The van der Waals surface area contributed by atoms with E-state index in [1.807, 2.05) is 25.1 Å². The van der Waals surface area contributed by atoms with Crippen LogP contribution < -0.4 is 4.74 Å². The lowest BCUT2D eigenvalue weighted by Crippen LogP contribution is -2.00. The quantitative estimate of drug-likeness (QED) is 0.412. The summed E-state index contributed by atoms with van der Waals surface area (Å²) in [5, 5.41) is 0. The SMILES string of the molecule is Cc1cccc(OCCCC=O)c1/C=C/C=O. The maximum Gasteiger partial charge on any atom is 0.142 e. The second-order valence-corrected chi connectivity index (χ2v) is 3.64. The molecule has 0 aliphatic heterocycles. The van der Waals surface area contributed by atoms with Gasteiger partial charge in [0.05, 0.1) is 6.61 Å². The Labute approximate surface area is 101 Å². The Balaban J connectivity index is 2.75. The summed E-state index contributed by atoms with van der Waals surface area (Å²) in [4.78, 5) is 20.5. The zero-order valence-electron chi connectivity index (χ0n) is 9.89. The lowest BCUT2D eigenvalue weighted by atomic mass is 10.1. The number of benzene rings is 1. The molecule has 0 bridgehead atoms. The van der Waals surface area contributed by atoms with Crippen molar-refractivity contribution in [3.05, 3.63) is 35.4 Å². The molecule has 0 aliphatic carbocycles. The number of aryl methyl sites for hydroxylation is 1. The number of allylic oxidation sites excluding steroid dienone is 1. The van der Waals surface area contributed by atoms with E-state index in [-0.39, 0.29) is 0 Å². The van der Waals surface area contributed by atoms with Crippen LogP contribution in [0, 0.1) is 6.92 Å². The molecule has 1 aromatic carbocycles. The summed E-state index contributed by atoms with van der Waals surface area (Å²) >= 11 is 0. The Kier molecular flexibility index (Phi) is 5.72. The van der Waals surface area contributed by atoms with Crippen molar-refractivity contribution in [2.24, 2.45) is 0 Å². The van der Waals surface area contributed by atoms with Crippen LogP contribution in [-0.2, 0) is 9.59 Å². The van der Waals surface area contributed by atoms with Crippen molar-refractivity contribution < 1.29 is 14.3 Å². The molecule has 1 aromatic rings. The van der Waals surface area contributed by atoms with Crippen LogP contribution in [0.1, 0.15) is 24.0 Å². The van der Waals surface area contributed by atoms with Crippen LogP contribution in [0.4, 0.5) is 0 Å². The van der Waals surface area contributed by atoms with Crippen molar-refractivity contribution in [3.63, 3.8) is 0 Å². The summed E-state index contributed by atoms with van der Waals surface area (Å²) in [6.07, 6.45) is 6.01. The molecule has 0 unspecified atom stereocenters. The van der Waals surface area contributed by atoms with Gasteiger partial charge in [-0.2, -0.15) is 0 Å². The molecule has 90 valence electrons. The summed E-state index contributed by atoms with van der Waals surface area (Å²) in [6, 6.07) is 5.73. The minimum Gasteiger partial charge on any atom is -0.493 e. The van der Waals surface area contributed by atoms with Gasteiger partial charge in [-0.05, 0) is 37.1 Å². The van der Waals surface area contributed by atoms with Gasteiger partial charge in [0, 0.05) is 12.0 Å². The molecule has 17 heavy (non-hydrogen) atoms. The molecule has 0 atom stereocenters. The molecule has 0 amide bonds. The number of hydrogen-bond acceptors (Lipinski definition) is 3. The largest absolute Gasteiger partial charge is 0.493 e. The highest BCUT2D eigenvalue weighted by atomic mass is 16.5. The van der Waals surface area contributed by atoms with E-state index in [0.717, 1.165) is 29.4 Å². The van der Waals surface area contributed by atoms with Crippen molar-refractivity contribution in [1.29, 1.82) is 0 Å². The third-order valence-electron chi connectivity index (χ3n) is 2.35. The van der Waals surface area contributed by atoms with Crippen LogP contribution in [-0.4, -0.2) is 19.2 Å². The summed E-state index contributed by atoms with van der Waals surface area (Å²) in [7, 11) is 0. The summed E-state index contributed by atoms with van der Waals surface area (Å²) < 4.78 is 5.59. The smallest absolute Gasteiger partial charge is 0.142 e. The van der Waals surface area contributed by atoms with Gasteiger partial charge >= 0.3 is 0 Å². The van der Waals surface area contributed by atoms with E-state index in [0.29, 0.717) is 19.4 Å². The molecule has 0 saturated carbocycles. The highest BCUT2D eigenvalue weighted by molar-refractivity contribution is 5.76. The Hall–Kier alpha value is -1.90. The molecule has 3 heteroatoms. The number of carbonyl (C=O) groups excluding carboxylic acids is 2. The average Bonchev–Trinajstić information content (AvgIpc) is 2.34. The van der Waals surface area contributed by atoms with Crippen LogP contribution in [0.25, 0.3) is 6.08 Å². The third-order valence-corrected chi connectivity index (χ3v) is 2.35. The van der Waals surface area contributed by atoms with Gasteiger partial charge in [-0.3, -0.25) is 4.79 Å². The minimum atomic E-state index is 0.504. The monoisotopic (exact) mass is 232 g/mol. The van der Waals surface area contributed by atoms with Crippen molar-refractivity contribution in [2.75, 3.05) is 6.61 Å². The van der Waals surface area contributed by atoms with Gasteiger partial charge in [0.15, 0.2) is 0 Å². The first-order chi connectivity index (χ1) is 8.29. The van der Waals surface area contributed by atoms with Gasteiger partial charge in [0.25, 0.3) is 0 Å². The van der Waals surface area contributed by atoms with E-state index in [1.54, 1.807) is 6.08 Å². The van der Waals surface area contributed by atoms with Gasteiger partial charge in [-0.1, -0.05) is 12.1 Å². The Morgan fingerprint density at radius 1 is 1.29 bits per heavy atom. The fraction of sp³-hybridized carbons (Fsp3) is 0.286. The van der Waals surface area contributed by atoms with Crippen LogP contribution in [0.5, 0.6) is 5.75 Å². The Morgan fingerprint density at radius 3 is 2.82 bits per heavy atom. The summed E-state index contributed by atoms with van der Waals surface area (Å²) in [5.41, 5.74) is 1.96. The number of rotatable bonds is 7. The molecule has 3 nitrogen and oxygen atoms in total. The van der Waals surface area contributed by atoms with Gasteiger partial charge in [-0.25, -0.2) is 0 Å². The van der Waals surface area contributed by atoms with Gasteiger partial charge in [0.1, 0.15) is 18.3 Å². The molecular formula is C14H16O3. The molecule has 0 spiro atoms. The molecule has 0 aromatic heterocycles. The highest BCUT2D eigenvalue weighted by Crippen LogP contribution is 2.23. The van der Waals surface area contributed by atoms with Crippen molar-refractivity contribution in [2.45, 2.75) is 19.8 Å². The first-order valence-corrected chi connectivity index (χ1v) is 5.57. The second kappa shape index (κ2) is 7.39. The summed E-state index contributed by atoms with van der Waals surface area (Å²) in [6.45, 7) is 2.47. The topological polar surface area (TPSA) is 43.4 Å². The minimum absolute atomic E-state index is 0.504. The lowest BCUT2D eigenvalue weighted by molar-refractivity contribution is -0.108. The van der Waals surface area contributed by atoms with Crippen LogP contribution in [0.3, 0.4) is 0 Å². The van der Waals surface area contributed by atoms with Gasteiger partial charge in [0.2, 0.25) is 0 Å². The zero-order valence-corrected chi connectivity index (χ0v) is 9.89. The molecule has 0 saturated heterocycles. The molecule has 0 fully saturated rings. The van der Waals surface area contributed by atoms with E-state index in [4.69, 9.17) is 4.74 Å². The normalized spacial score (nSPS) is 10.4. The highest BCUT2D eigenvalue weighted by Gasteiger charge is 2.03. The van der Waals surface area contributed by atoms with Crippen LogP contribution >= 0.6 is 0 Å².